The zero-order chi connectivity index (χ0) is 33.4. The van der Waals surface area contributed by atoms with E-state index in [1.54, 1.807) is 7.11 Å². The molecule has 0 saturated heterocycles. The molecule has 6 heteroatoms. The molecule has 47 heavy (non-hydrogen) atoms. The molecule has 0 spiro atoms. The minimum atomic E-state index is -0.944. The fraction of sp³-hybridized carbons (Fsp3) is 0.317. The van der Waals surface area contributed by atoms with E-state index in [9.17, 15) is 5.11 Å². The molecule has 4 aromatic rings. The second-order valence-corrected chi connectivity index (χ2v) is 14.3. The third kappa shape index (κ3) is 5.20. The number of hydrogen-bond acceptors (Lipinski definition) is 6. The predicted octanol–water partition coefficient (Wildman–Crippen LogP) is 9.96. The Balaban J connectivity index is 0.000000150. The maximum absolute atomic E-state index is 10.6. The highest BCUT2D eigenvalue weighted by molar-refractivity contribution is 5.91. The second kappa shape index (κ2) is 11.0. The summed E-state index contributed by atoms with van der Waals surface area (Å²) in [7, 11) is 1.70. The van der Waals surface area contributed by atoms with Gasteiger partial charge in [-0.2, -0.15) is 0 Å². The van der Waals surface area contributed by atoms with Gasteiger partial charge < -0.3 is 30.0 Å². The van der Waals surface area contributed by atoms with Crippen molar-refractivity contribution in [2.24, 2.45) is 0 Å². The molecule has 4 aliphatic heterocycles. The van der Waals surface area contributed by atoms with Crippen LogP contribution in [0.3, 0.4) is 0 Å². The van der Waals surface area contributed by atoms with Crippen molar-refractivity contribution in [2.75, 3.05) is 17.7 Å². The molecular formula is C41H44N2O4. The molecule has 0 saturated carbocycles. The highest BCUT2D eigenvalue weighted by Gasteiger charge is 2.35. The van der Waals surface area contributed by atoms with Crippen molar-refractivity contribution < 1.29 is 19.3 Å². The summed E-state index contributed by atoms with van der Waals surface area (Å²) in [6.45, 7) is 17.1. The number of allylic oxidation sites excluding steroid dienone is 2. The van der Waals surface area contributed by atoms with Gasteiger partial charge in [-0.05, 0) is 113 Å². The molecule has 6 nitrogen and oxygen atoms in total. The summed E-state index contributed by atoms with van der Waals surface area (Å²) < 4.78 is 17.7. The van der Waals surface area contributed by atoms with Crippen LogP contribution in [0.1, 0.15) is 87.5 Å². The summed E-state index contributed by atoms with van der Waals surface area (Å²) in [5, 5.41) is 17.8. The van der Waals surface area contributed by atoms with Gasteiger partial charge in [0.25, 0.3) is 0 Å². The summed E-state index contributed by atoms with van der Waals surface area (Å²) in [6.07, 6.45) is 3.14. The zero-order valence-electron chi connectivity index (χ0n) is 28.8. The number of methoxy groups -OCH3 is 1. The van der Waals surface area contributed by atoms with E-state index in [1.165, 1.54) is 33.4 Å². The summed E-state index contributed by atoms with van der Waals surface area (Å²) in [6, 6.07) is 20.7. The van der Waals surface area contributed by atoms with E-state index in [-0.39, 0.29) is 11.1 Å². The number of aryl methyl sites for hydroxylation is 2. The number of anilines is 2. The molecule has 0 radical (unpaired) electrons. The molecule has 2 atom stereocenters. The van der Waals surface area contributed by atoms with E-state index in [4.69, 9.17) is 14.2 Å². The minimum Gasteiger partial charge on any atom is -0.460 e. The molecule has 4 heterocycles. The number of aliphatic hydroxyl groups excluding tert-OH is 1. The Bertz CT molecular complexity index is 2000. The lowest BCUT2D eigenvalue weighted by molar-refractivity contribution is -0.0579. The van der Waals surface area contributed by atoms with Crippen LogP contribution in [0.15, 0.2) is 72.8 Å². The number of fused-ring (bicyclic) bond motifs is 10. The van der Waals surface area contributed by atoms with Crippen LogP contribution >= 0.6 is 0 Å². The van der Waals surface area contributed by atoms with E-state index in [0.29, 0.717) is 0 Å². The van der Waals surface area contributed by atoms with Gasteiger partial charge in [0.15, 0.2) is 0 Å². The third-order valence-electron chi connectivity index (χ3n) is 9.53. The number of rotatable bonds is 1. The molecular weight excluding hydrogens is 584 g/mol. The van der Waals surface area contributed by atoms with Crippen LogP contribution in [0, 0.1) is 13.8 Å². The molecule has 2 unspecified atom stereocenters. The van der Waals surface area contributed by atoms with Crippen LogP contribution in [-0.4, -0.2) is 23.3 Å². The first-order chi connectivity index (χ1) is 22.3. The van der Waals surface area contributed by atoms with Gasteiger partial charge in [-0.3, -0.25) is 0 Å². The van der Waals surface area contributed by atoms with E-state index in [2.05, 4.69) is 115 Å². The van der Waals surface area contributed by atoms with Crippen LogP contribution in [0.5, 0.6) is 11.5 Å². The van der Waals surface area contributed by atoms with E-state index in [0.717, 1.165) is 56.3 Å². The number of benzene rings is 4. The molecule has 0 fully saturated rings. The van der Waals surface area contributed by atoms with Gasteiger partial charge >= 0.3 is 0 Å². The molecule has 0 aromatic heterocycles. The third-order valence-corrected chi connectivity index (χ3v) is 9.53. The lowest BCUT2D eigenvalue weighted by Gasteiger charge is -2.36. The Morgan fingerprint density at radius 1 is 0.617 bits per heavy atom. The zero-order valence-corrected chi connectivity index (χ0v) is 28.8. The van der Waals surface area contributed by atoms with E-state index in [1.807, 2.05) is 24.3 Å². The fourth-order valence-corrected chi connectivity index (χ4v) is 7.92. The Morgan fingerprint density at radius 3 is 1.60 bits per heavy atom. The molecule has 4 aliphatic rings. The highest BCUT2D eigenvalue weighted by atomic mass is 16.7. The van der Waals surface area contributed by atoms with Gasteiger partial charge in [0.1, 0.15) is 11.5 Å². The van der Waals surface area contributed by atoms with Gasteiger partial charge in [0, 0.05) is 51.9 Å². The lowest BCUT2D eigenvalue weighted by Crippen LogP contribution is -2.32. The largest absolute Gasteiger partial charge is 0.460 e. The average Bonchev–Trinajstić information content (AvgIpc) is 2.99. The quantitative estimate of drug-likeness (QED) is 0.195. The maximum Gasteiger partial charge on any atom is 0.227 e. The smallest absolute Gasteiger partial charge is 0.227 e. The lowest BCUT2D eigenvalue weighted by atomic mass is 9.83. The van der Waals surface area contributed by atoms with Gasteiger partial charge in [-0.25, -0.2) is 0 Å². The Morgan fingerprint density at radius 2 is 1.09 bits per heavy atom. The van der Waals surface area contributed by atoms with Crippen LogP contribution in [-0.2, 0) is 4.74 Å². The van der Waals surface area contributed by atoms with Crippen molar-refractivity contribution in [3.05, 3.63) is 106 Å². The van der Waals surface area contributed by atoms with Gasteiger partial charge in [0.2, 0.25) is 12.6 Å². The second-order valence-electron chi connectivity index (χ2n) is 14.3. The summed E-state index contributed by atoms with van der Waals surface area (Å²) in [5.41, 5.74) is 15.6. The van der Waals surface area contributed by atoms with E-state index >= 15 is 0 Å². The summed E-state index contributed by atoms with van der Waals surface area (Å²) in [4.78, 5) is 0. The topological polar surface area (TPSA) is 72.0 Å². The predicted molar refractivity (Wildman–Crippen MR) is 192 cm³/mol. The normalized spacial score (nSPS) is 20.2. The Hall–Kier alpha value is -4.52. The first-order valence-electron chi connectivity index (χ1n) is 16.3. The summed E-state index contributed by atoms with van der Waals surface area (Å²) >= 11 is 0. The van der Waals surface area contributed by atoms with Crippen LogP contribution in [0.2, 0.25) is 0 Å². The highest BCUT2D eigenvalue weighted by Crippen LogP contribution is 2.51. The van der Waals surface area contributed by atoms with Crippen molar-refractivity contribution in [1.82, 2.24) is 0 Å². The van der Waals surface area contributed by atoms with Gasteiger partial charge in [-0.15, -0.1) is 0 Å². The molecule has 0 bridgehead atoms. The van der Waals surface area contributed by atoms with E-state index < -0.39 is 12.6 Å². The number of nitrogens with one attached hydrogen (secondary N) is 2. The minimum absolute atomic E-state index is 0.0583. The molecule has 3 N–H and O–H groups in total. The average molecular weight is 629 g/mol. The maximum atomic E-state index is 10.6. The van der Waals surface area contributed by atoms with Crippen molar-refractivity contribution in [3.63, 3.8) is 0 Å². The van der Waals surface area contributed by atoms with Gasteiger partial charge in [0.05, 0.1) is 11.1 Å². The molecule has 242 valence electrons. The standard InChI is InChI=1S/C21H23NO2.C20H21NO2/c1-12-7-6-8-16-17(12)14-9-10-15-18(19(14)20(23-5)24-16)13(2)11-21(3,4)22-15;1-11-6-5-7-15-16(11)13-8-9-14-17(18(13)19(22)23-15)12(2)10-20(3,4)21-14/h6-11,20,22H,1-5H3;5-10,19,21-22H,1-4H3. The molecule has 0 amide bonds. The SMILES string of the molecule is CC1=CC(C)(C)Nc2ccc3c(c21)C(O)Oc1cccc(C)c1-3.COC1Oc2cccc(C)c2-c2ccc3c(c21)C(C)=CC(C)(C)N3. The number of hydrogen-bond donors (Lipinski definition) is 3. The first-order valence-corrected chi connectivity index (χ1v) is 16.3. The van der Waals surface area contributed by atoms with Crippen molar-refractivity contribution in [1.29, 1.82) is 0 Å². The summed E-state index contributed by atoms with van der Waals surface area (Å²) in [5.74, 6) is 1.63. The van der Waals surface area contributed by atoms with Crippen molar-refractivity contribution in [2.45, 2.75) is 79.0 Å². The monoisotopic (exact) mass is 628 g/mol. The first kappa shape index (κ1) is 31.1. The molecule has 0 aliphatic carbocycles. The van der Waals surface area contributed by atoms with Crippen molar-refractivity contribution >= 4 is 22.5 Å². The number of aliphatic hydroxyl groups is 1. The molecule has 4 aromatic carbocycles. The van der Waals surface area contributed by atoms with Crippen LogP contribution in [0.25, 0.3) is 33.4 Å². The van der Waals surface area contributed by atoms with Crippen LogP contribution < -0.4 is 20.1 Å². The Labute approximate surface area is 278 Å². The molecule has 8 rings (SSSR count). The van der Waals surface area contributed by atoms with Crippen LogP contribution in [0.4, 0.5) is 11.4 Å². The Kier molecular flexibility index (Phi) is 7.30. The number of ether oxygens (including phenoxy) is 3. The van der Waals surface area contributed by atoms with Crippen molar-refractivity contribution in [3.8, 4) is 33.8 Å². The van der Waals surface area contributed by atoms with Gasteiger partial charge in [-0.1, -0.05) is 48.6 Å². The fourth-order valence-electron chi connectivity index (χ4n) is 7.92.